The second-order valence-electron chi connectivity index (χ2n) is 11.2. The van der Waals surface area contributed by atoms with E-state index in [9.17, 15) is 9.59 Å². The first kappa shape index (κ1) is 27.2. The van der Waals surface area contributed by atoms with Gasteiger partial charge in [-0.05, 0) is 57.7 Å². The van der Waals surface area contributed by atoms with Gasteiger partial charge in [0, 0.05) is 56.8 Å². The van der Waals surface area contributed by atoms with Gasteiger partial charge in [0.25, 0.3) is 5.91 Å². The molecule has 39 heavy (non-hydrogen) atoms. The number of piperidine rings is 1. The first-order valence-electron chi connectivity index (χ1n) is 14.2. The van der Waals surface area contributed by atoms with Crippen molar-refractivity contribution in [2.75, 3.05) is 48.9 Å². The summed E-state index contributed by atoms with van der Waals surface area (Å²) in [7, 11) is 3.38. The van der Waals surface area contributed by atoms with Gasteiger partial charge in [-0.2, -0.15) is 4.98 Å². The average Bonchev–Trinajstić information content (AvgIpc) is 3.44. The average molecular weight is 536 g/mol. The molecule has 0 atom stereocenters. The minimum atomic E-state index is -0.0935. The molecule has 0 unspecified atom stereocenters. The maximum Gasteiger partial charge on any atom is 0.251 e. The van der Waals surface area contributed by atoms with Crippen LogP contribution in [-0.4, -0.2) is 78.6 Å². The van der Waals surface area contributed by atoms with Gasteiger partial charge in [-0.3, -0.25) is 9.59 Å². The van der Waals surface area contributed by atoms with Crippen LogP contribution in [-0.2, 0) is 4.79 Å². The molecule has 1 aliphatic carbocycles. The Labute approximate surface area is 231 Å². The number of ether oxygens (including phenoxy) is 1. The molecule has 1 saturated carbocycles. The van der Waals surface area contributed by atoms with Crippen molar-refractivity contribution in [3.05, 3.63) is 30.0 Å². The van der Waals surface area contributed by atoms with Crippen LogP contribution in [0.1, 0.15) is 69.2 Å². The lowest BCUT2D eigenvalue weighted by Crippen LogP contribution is -2.46. The van der Waals surface area contributed by atoms with E-state index < -0.39 is 0 Å². The van der Waals surface area contributed by atoms with Crippen LogP contribution >= 0.6 is 0 Å². The van der Waals surface area contributed by atoms with Crippen molar-refractivity contribution in [1.82, 2.24) is 20.2 Å². The molecule has 3 aliphatic rings. The zero-order valence-electron chi connectivity index (χ0n) is 23.6. The minimum absolute atomic E-state index is 0.0714. The molecule has 2 aliphatic heterocycles. The van der Waals surface area contributed by atoms with Crippen LogP contribution < -0.4 is 25.2 Å². The predicted octanol–water partition coefficient (Wildman–Crippen LogP) is 3.95. The Morgan fingerprint density at radius 1 is 1.10 bits per heavy atom. The van der Waals surface area contributed by atoms with Gasteiger partial charge in [0.15, 0.2) is 5.82 Å². The van der Waals surface area contributed by atoms with Crippen molar-refractivity contribution in [3.8, 4) is 5.75 Å². The number of nitrogens with zero attached hydrogens (tertiary/aromatic N) is 5. The molecule has 10 heteroatoms. The fourth-order valence-electron chi connectivity index (χ4n) is 5.96. The summed E-state index contributed by atoms with van der Waals surface area (Å²) in [5.74, 6) is 1.72. The number of carbonyl (C=O) groups excluding carboxylic acids is 2. The van der Waals surface area contributed by atoms with Crippen molar-refractivity contribution >= 4 is 35.0 Å². The zero-order chi connectivity index (χ0) is 27.5. The topological polar surface area (TPSA) is 103 Å². The number of likely N-dealkylation sites (tertiary alicyclic amines) is 1. The molecule has 2 N–H and O–H groups in total. The smallest absolute Gasteiger partial charge is 0.251 e. The number of amides is 2. The molecule has 3 heterocycles. The van der Waals surface area contributed by atoms with Crippen LogP contribution in [0.25, 0.3) is 0 Å². The number of rotatable bonds is 7. The summed E-state index contributed by atoms with van der Waals surface area (Å²) in [6, 6.07) is 6.47. The molecule has 1 aromatic heterocycles. The fourth-order valence-corrected chi connectivity index (χ4v) is 5.96. The van der Waals surface area contributed by atoms with E-state index in [0.29, 0.717) is 48.0 Å². The molecule has 1 saturated heterocycles. The van der Waals surface area contributed by atoms with Crippen molar-refractivity contribution in [1.29, 1.82) is 0 Å². The monoisotopic (exact) mass is 535 g/mol. The third-order valence-electron chi connectivity index (χ3n) is 8.39. The van der Waals surface area contributed by atoms with Gasteiger partial charge in [0.05, 0.1) is 19.0 Å². The molecular weight excluding hydrogens is 494 g/mol. The zero-order valence-corrected chi connectivity index (χ0v) is 23.6. The van der Waals surface area contributed by atoms with E-state index in [2.05, 4.69) is 39.3 Å². The van der Waals surface area contributed by atoms with Crippen LogP contribution in [0.2, 0.25) is 0 Å². The van der Waals surface area contributed by atoms with E-state index in [-0.39, 0.29) is 17.9 Å². The number of aromatic nitrogens is 2. The van der Waals surface area contributed by atoms with Crippen molar-refractivity contribution in [2.24, 2.45) is 0 Å². The highest BCUT2D eigenvalue weighted by atomic mass is 16.5. The molecule has 210 valence electrons. The second-order valence-corrected chi connectivity index (χ2v) is 11.2. The summed E-state index contributed by atoms with van der Waals surface area (Å²) in [4.78, 5) is 41.4. The number of carbonyl (C=O) groups is 2. The first-order chi connectivity index (χ1) is 18.8. The van der Waals surface area contributed by atoms with E-state index >= 15 is 0 Å². The molecule has 2 amide bonds. The third kappa shape index (κ3) is 5.95. The van der Waals surface area contributed by atoms with Gasteiger partial charge in [0.1, 0.15) is 11.4 Å². The Hall–Kier alpha value is -3.40. The maximum atomic E-state index is 13.0. The van der Waals surface area contributed by atoms with E-state index in [1.165, 1.54) is 12.8 Å². The molecule has 2 aromatic rings. The highest BCUT2D eigenvalue weighted by Crippen LogP contribution is 2.37. The van der Waals surface area contributed by atoms with Crippen molar-refractivity contribution in [3.63, 3.8) is 0 Å². The largest absolute Gasteiger partial charge is 0.495 e. The molecule has 0 bridgehead atoms. The number of benzene rings is 1. The summed E-state index contributed by atoms with van der Waals surface area (Å²) in [6.07, 6.45) is 8.70. The highest BCUT2D eigenvalue weighted by Gasteiger charge is 2.32. The number of hydrogen-bond acceptors (Lipinski definition) is 8. The van der Waals surface area contributed by atoms with Gasteiger partial charge >= 0.3 is 0 Å². The Balaban J connectivity index is 1.32. The highest BCUT2D eigenvalue weighted by molar-refractivity contribution is 5.97. The summed E-state index contributed by atoms with van der Waals surface area (Å²) < 4.78 is 5.64. The Bertz CT molecular complexity index is 1190. The van der Waals surface area contributed by atoms with Crippen LogP contribution in [0.5, 0.6) is 5.75 Å². The van der Waals surface area contributed by atoms with Gasteiger partial charge in [0.2, 0.25) is 11.9 Å². The van der Waals surface area contributed by atoms with Crippen molar-refractivity contribution in [2.45, 2.75) is 76.9 Å². The molecule has 10 nitrogen and oxygen atoms in total. The van der Waals surface area contributed by atoms with E-state index in [4.69, 9.17) is 9.72 Å². The first-order valence-corrected chi connectivity index (χ1v) is 14.2. The molecular formula is C29H41N7O3. The Morgan fingerprint density at radius 3 is 2.54 bits per heavy atom. The summed E-state index contributed by atoms with van der Waals surface area (Å²) >= 11 is 0. The molecule has 5 rings (SSSR count). The summed E-state index contributed by atoms with van der Waals surface area (Å²) in [5, 5.41) is 6.47. The quantitative estimate of drug-likeness (QED) is 0.550. The Kier molecular flexibility index (Phi) is 8.20. The SMILES string of the molecule is COc1cc(C(=O)NC2CCN(C(C)C)CC2)ccc1Nc1ncc2c(n1)N(C1CCCC1)CCC(=O)N2C. The van der Waals surface area contributed by atoms with E-state index in [1.54, 1.807) is 37.4 Å². The number of fused-ring (bicyclic) bond motifs is 1. The normalized spacial score (nSPS) is 19.3. The van der Waals surface area contributed by atoms with Gasteiger partial charge < -0.3 is 30.1 Å². The molecule has 0 radical (unpaired) electrons. The van der Waals surface area contributed by atoms with Crippen LogP contribution in [0.4, 0.5) is 23.1 Å². The third-order valence-corrected chi connectivity index (χ3v) is 8.39. The van der Waals surface area contributed by atoms with Gasteiger partial charge in [-0.25, -0.2) is 4.98 Å². The standard InChI is InChI=1S/C29H41N7O3/c1-19(2)35-14-11-21(12-15-35)31-28(38)20-9-10-23(25(17-20)39-4)32-29-30-18-24-27(33-29)36(22-7-5-6-8-22)16-13-26(37)34(24)3/h9-10,17-19,21-22H,5-8,11-16H2,1-4H3,(H,31,38)(H,30,32,33). The predicted molar refractivity (Wildman–Crippen MR) is 153 cm³/mol. The van der Waals surface area contributed by atoms with Gasteiger partial charge in [-0.1, -0.05) is 12.8 Å². The lowest BCUT2D eigenvalue weighted by atomic mass is 10.0. The number of methoxy groups -OCH3 is 1. The lowest BCUT2D eigenvalue weighted by molar-refractivity contribution is -0.118. The van der Waals surface area contributed by atoms with E-state index in [1.807, 2.05) is 6.07 Å². The lowest BCUT2D eigenvalue weighted by Gasteiger charge is -2.34. The van der Waals surface area contributed by atoms with Crippen LogP contribution in [0.15, 0.2) is 24.4 Å². The molecule has 0 spiro atoms. The fraction of sp³-hybridized carbons (Fsp3) is 0.586. The maximum absolute atomic E-state index is 13.0. The number of nitrogens with one attached hydrogen (secondary N) is 2. The molecule has 2 fully saturated rings. The minimum Gasteiger partial charge on any atom is -0.495 e. The van der Waals surface area contributed by atoms with Gasteiger partial charge in [-0.15, -0.1) is 0 Å². The molecule has 1 aromatic carbocycles. The number of anilines is 4. The summed E-state index contributed by atoms with van der Waals surface area (Å²) in [5.41, 5.74) is 1.96. The summed E-state index contributed by atoms with van der Waals surface area (Å²) in [6.45, 7) is 7.07. The Morgan fingerprint density at radius 2 is 1.85 bits per heavy atom. The second kappa shape index (κ2) is 11.8. The number of hydrogen-bond donors (Lipinski definition) is 2. The van der Waals surface area contributed by atoms with E-state index in [0.717, 1.165) is 50.3 Å². The van der Waals surface area contributed by atoms with Crippen molar-refractivity contribution < 1.29 is 14.3 Å². The van der Waals surface area contributed by atoms with Crippen LogP contribution in [0.3, 0.4) is 0 Å². The van der Waals surface area contributed by atoms with Crippen LogP contribution in [0, 0.1) is 0 Å².